The molecule has 0 bridgehead atoms. The van der Waals surface area contributed by atoms with Gasteiger partial charge in [0.05, 0.1) is 30.0 Å². The van der Waals surface area contributed by atoms with Crippen LogP contribution in [-0.2, 0) is 30.8 Å². The summed E-state index contributed by atoms with van der Waals surface area (Å²) in [5.41, 5.74) is 5.33. The third-order valence-corrected chi connectivity index (χ3v) is 9.62. The number of amides is 2. The van der Waals surface area contributed by atoms with Gasteiger partial charge in [0.1, 0.15) is 6.04 Å². The number of methoxy groups -OCH3 is 1. The number of sulfonamides is 1. The molecule has 3 aromatic carbocycles. The zero-order valence-electron chi connectivity index (χ0n) is 23.1. The fourth-order valence-corrected chi connectivity index (χ4v) is 7.13. The second kappa shape index (κ2) is 11.8. The van der Waals surface area contributed by atoms with Gasteiger partial charge in [0.15, 0.2) is 0 Å². The molecule has 1 unspecified atom stereocenters. The molecule has 2 atom stereocenters. The number of carbonyl (C=O) groups excluding carboxylic acids is 3. The molecule has 41 heavy (non-hydrogen) atoms. The van der Waals surface area contributed by atoms with Crippen LogP contribution in [0.25, 0.3) is 11.1 Å². The fraction of sp³-hybridized carbons (Fsp3) is 0.323. The number of esters is 1. The SMILES string of the molecule is COC(=O)c1cccc(-c2ccc3c(c2)CCC[C@H]3NC(=O)CC2C(=O)NCCN2S(=O)(=O)c2ccc(C)cc2)c1. The van der Waals surface area contributed by atoms with Crippen LogP contribution in [0, 0.1) is 6.92 Å². The van der Waals surface area contributed by atoms with E-state index in [-0.39, 0.29) is 36.4 Å². The van der Waals surface area contributed by atoms with Crippen LogP contribution in [0.2, 0.25) is 0 Å². The van der Waals surface area contributed by atoms with E-state index in [1.54, 1.807) is 24.3 Å². The van der Waals surface area contributed by atoms with E-state index in [9.17, 15) is 22.8 Å². The summed E-state index contributed by atoms with van der Waals surface area (Å²) < 4.78 is 32.8. The average molecular weight is 576 g/mol. The number of benzene rings is 3. The Balaban J connectivity index is 1.32. The fourth-order valence-electron chi connectivity index (χ4n) is 5.54. The molecule has 9 nitrogen and oxygen atoms in total. The van der Waals surface area contributed by atoms with E-state index in [1.165, 1.54) is 19.2 Å². The highest BCUT2D eigenvalue weighted by Crippen LogP contribution is 2.33. The number of aryl methyl sites for hydroxylation is 2. The van der Waals surface area contributed by atoms with Crippen molar-refractivity contribution in [3.05, 3.63) is 89.0 Å². The minimum absolute atomic E-state index is 0.0894. The smallest absolute Gasteiger partial charge is 0.337 e. The standard InChI is InChI=1S/C31H33N3O6S/c1-20-9-12-25(13-10-20)41(38,39)34-16-15-32-30(36)28(34)19-29(35)33-27-8-4-6-23-17-22(11-14-26(23)27)21-5-3-7-24(18-21)31(37)40-2/h3,5,7,9-14,17-18,27-28H,4,6,8,15-16,19H2,1-2H3,(H,32,36)(H,33,35)/t27-,28?/m1/s1. The normalized spacial score (nSPS) is 19.1. The highest BCUT2D eigenvalue weighted by molar-refractivity contribution is 7.89. The van der Waals surface area contributed by atoms with Crippen molar-refractivity contribution in [3.63, 3.8) is 0 Å². The van der Waals surface area contributed by atoms with Crippen LogP contribution in [0.4, 0.5) is 0 Å². The third-order valence-electron chi connectivity index (χ3n) is 7.70. The first-order chi connectivity index (χ1) is 19.7. The van der Waals surface area contributed by atoms with Crippen LogP contribution in [-0.4, -0.2) is 56.7 Å². The molecule has 5 rings (SSSR count). The van der Waals surface area contributed by atoms with Gasteiger partial charge in [-0.2, -0.15) is 4.31 Å². The van der Waals surface area contributed by atoms with Crippen molar-refractivity contribution < 1.29 is 27.5 Å². The minimum atomic E-state index is -3.97. The molecule has 0 aromatic heterocycles. The topological polar surface area (TPSA) is 122 Å². The largest absolute Gasteiger partial charge is 0.465 e. The Hall–Kier alpha value is -4.02. The second-order valence-electron chi connectivity index (χ2n) is 10.4. The van der Waals surface area contributed by atoms with Crippen molar-refractivity contribution in [2.75, 3.05) is 20.2 Å². The number of hydrogen-bond donors (Lipinski definition) is 2. The average Bonchev–Trinajstić information content (AvgIpc) is 2.98. The molecule has 2 amide bonds. The number of fused-ring (bicyclic) bond motifs is 1. The van der Waals surface area contributed by atoms with Crippen molar-refractivity contribution in [2.24, 2.45) is 0 Å². The summed E-state index contributed by atoms with van der Waals surface area (Å²) in [6.45, 7) is 2.14. The molecule has 0 spiro atoms. The predicted octanol–water partition coefficient (Wildman–Crippen LogP) is 3.52. The first-order valence-electron chi connectivity index (χ1n) is 13.6. The molecular formula is C31H33N3O6S. The van der Waals surface area contributed by atoms with Crippen LogP contribution < -0.4 is 10.6 Å². The molecule has 1 aliphatic heterocycles. The summed E-state index contributed by atoms with van der Waals surface area (Å²) >= 11 is 0. The Labute approximate surface area is 239 Å². The lowest BCUT2D eigenvalue weighted by atomic mass is 9.85. The monoisotopic (exact) mass is 575 g/mol. The number of hydrogen-bond acceptors (Lipinski definition) is 6. The van der Waals surface area contributed by atoms with Crippen LogP contribution in [0.5, 0.6) is 0 Å². The Morgan fingerprint density at radius 3 is 2.56 bits per heavy atom. The van der Waals surface area contributed by atoms with Gasteiger partial charge in [-0.15, -0.1) is 0 Å². The van der Waals surface area contributed by atoms with Gasteiger partial charge in [0.25, 0.3) is 0 Å². The Morgan fingerprint density at radius 2 is 1.80 bits per heavy atom. The third kappa shape index (κ3) is 6.03. The van der Waals surface area contributed by atoms with E-state index in [2.05, 4.69) is 16.7 Å². The Morgan fingerprint density at radius 1 is 1.05 bits per heavy atom. The predicted molar refractivity (Wildman–Crippen MR) is 154 cm³/mol. The van der Waals surface area contributed by atoms with E-state index >= 15 is 0 Å². The van der Waals surface area contributed by atoms with Crippen LogP contribution in [0.1, 0.15) is 52.4 Å². The summed E-state index contributed by atoms with van der Waals surface area (Å²) in [6, 6.07) is 18.3. The Kier molecular flexibility index (Phi) is 8.23. The van der Waals surface area contributed by atoms with Gasteiger partial charge in [-0.25, -0.2) is 13.2 Å². The maximum atomic E-state index is 13.4. The molecule has 2 aliphatic rings. The second-order valence-corrected chi connectivity index (χ2v) is 12.3. The van der Waals surface area contributed by atoms with Crippen LogP contribution >= 0.6 is 0 Å². The summed E-state index contributed by atoms with van der Waals surface area (Å²) in [5.74, 6) is -1.27. The van der Waals surface area contributed by atoms with Crippen molar-refractivity contribution in [1.82, 2.24) is 14.9 Å². The van der Waals surface area contributed by atoms with E-state index in [1.807, 2.05) is 31.2 Å². The van der Waals surface area contributed by atoms with Gasteiger partial charge < -0.3 is 15.4 Å². The lowest BCUT2D eigenvalue weighted by Gasteiger charge is -2.34. The summed E-state index contributed by atoms with van der Waals surface area (Å²) in [6.07, 6.45) is 2.17. The van der Waals surface area contributed by atoms with Crippen molar-refractivity contribution >= 4 is 27.8 Å². The molecule has 0 radical (unpaired) electrons. The van der Waals surface area contributed by atoms with Crippen molar-refractivity contribution in [3.8, 4) is 11.1 Å². The molecule has 3 aromatic rings. The van der Waals surface area contributed by atoms with E-state index in [4.69, 9.17) is 4.74 Å². The summed E-state index contributed by atoms with van der Waals surface area (Å²) in [5, 5.41) is 5.75. The van der Waals surface area contributed by atoms with E-state index in [0.717, 1.165) is 51.4 Å². The van der Waals surface area contributed by atoms with Gasteiger partial charge in [0.2, 0.25) is 21.8 Å². The van der Waals surface area contributed by atoms with Crippen LogP contribution in [0.3, 0.4) is 0 Å². The number of nitrogens with zero attached hydrogens (tertiary/aromatic N) is 1. The molecule has 1 heterocycles. The number of carbonyl (C=O) groups is 3. The lowest BCUT2D eigenvalue weighted by Crippen LogP contribution is -2.58. The van der Waals surface area contributed by atoms with Gasteiger partial charge in [-0.3, -0.25) is 9.59 Å². The quantitative estimate of drug-likeness (QED) is 0.416. The van der Waals surface area contributed by atoms with Crippen molar-refractivity contribution in [1.29, 1.82) is 0 Å². The summed E-state index contributed by atoms with van der Waals surface area (Å²) in [4.78, 5) is 38.1. The molecule has 10 heteroatoms. The van der Waals surface area contributed by atoms with Gasteiger partial charge >= 0.3 is 5.97 Å². The lowest BCUT2D eigenvalue weighted by molar-refractivity contribution is -0.132. The molecule has 0 saturated carbocycles. The first kappa shape index (κ1) is 28.5. The maximum Gasteiger partial charge on any atom is 0.337 e. The zero-order valence-corrected chi connectivity index (χ0v) is 23.9. The van der Waals surface area contributed by atoms with Crippen molar-refractivity contribution in [2.45, 2.75) is 49.6 Å². The number of rotatable bonds is 7. The highest BCUT2D eigenvalue weighted by atomic mass is 32.2. The van der Waals surface area contributed by atoms with E-state index < -0.39 is 27.9 Å². The zero-order chi connectivity index (χ0) is 29.1. The Bertz CT molecular complexity index is 1590. The van der Waals surface area contributed by atoms with Gasteiger partial charge in [0, 0.05) is 13.1 Å². The molecular weight excluding hydrogens is 542 g/mol. The number of nitrogens with one attached hydrogen (secondary N) is 2. The first-order valence-corrected chi connectivity index (χ1v) is 15.1. The molecule has 2 N–H and O–H groups in total. The number of ether oxygens (including phenoxy) is 1. The van der Waals surface area contributed by atoms with Crippen LogP contribution in [0.15, 0.2) is 71.6 Å². The minimum Gasteiger partial charge on any atom is -0.465 e. The molecule has 1 aliphatic carbocycles. The molecule has 1 fully saturated rings. The molecule has 1 saturated heterocycles. The van der Waals surface area contributed by atoms with Gasteiger partial charge in [-0.05, 0) is 72.7 Å². The summed E-state index contributed by atoms with van der Waals surface area (Å²) in [7, 11) is -2.62. The maximum absolute atomic E-state index is 13.4. The highest BCUT2D eigenvalue weighted by Gasteiger charge is 2.40. The van der Waals surface area contributed by atoms with E-state index in [0.29, 0.717) is 5.56 Å². The molecule has 214 valence electrons. The number of piperazine rings is 1. The van der Waals surface area contributed by atoms with Gasteiger partial charge in [-0.1, -0.05) is 48.0 Å².